The van der Waals surface area contributed by atoms with E-state index in [1.807, 2.05) is 13.8 Å². The Morgan fingerprint density at radius 3 is 2.72 bits per heavy atom. The van der Waals surface area contributed by atoms with Crippen molar-refractivity contribution in [1.82, 2.24) is 15.6 Å². The standard InChI is InChI=1S/C19H25BrN4O/c1-4-21-18(22-11-17-24-13(2)14(3)25-17)23-12-19(8-9-19)15-6-5-7-16(20)10-15/h5-7,10H,4,8-9,11-12H2,1-3H3,(H2,21,22,23). The van der Waals surface area contributed by atoms with Gasteiger partial charge >= 0.3 is 0 Å². The van der Waals surface area contributed by atoms with Gasteiger partial charge in [0.2, 0.25) is 5.89 Å². The summed E-state index contributed by atoms with van der Waals surface area (Å²) in [5, 5.41) is 6.78. The van der Waals surface area contributed by atoms with Crippen molar-refractivity contribution in [1.29, 1.82) is 0 Å². The summed E-state index contributed by atoms with van der Waals surface area (Å²) in [6, 6.07) is 8.60. The maximum Gasteiger partial charge on any atom is 0.216 e. The van der Waals surface area contributed by atoms with Gasteiger partial charge in [0.15, 0.2) is 5.96 Å². The summed E-state index contributed by atoms with van der Waals surface area (Å²) in [6.07, 6.45) is 2.40. The minimum Gasteiger partial charge on any atom is -0.444 e. The van der Waals surface area contributed by atoms with Gasteiger partial charge in [0.05, 0.1) is 5.69 Å². The first-order valence-electron chi connectivity index (χ1n) is 8.73. The highest BCUT2D eigenvalue weighted by Gasteiger charge is 2.44. The molecule has 25 heavy (non-hydrogen) atoms. The SMILES string of the molecule is CCNC(=NCc1nc(C)c(C)o1)NCC1(c2cccc(Br)c2)CC1. The van der Waals surface area contributed by atoms with Crippen LogP contribution in [0.2, 0.25) is 0 Å². The lowest BCUT2D eigenvalue weighted by molar-refractivity contribution is 0.472. The zero-order valence-electron chi connectivity index (χ0n) is 15.0. The number of hydrogen-bond donors (Lipinski definition) is 2. The first-order valence-corrected chi connectivity index (χ1v) is 9.53. The first kappa shape index (κ1) is 18.0. The van der Waals surface area contributed by atoms with Crippen LogP contribution in [0.25, 0.3) is 0 Å². The molecule has 0 radical (unpaired) electrons. The number of aryl methyl sites for hydroxylation is 2. The first-order chi connectivity index (χ1) is 12.0. The fourth-order valence-corrected chi connectivity index (χ4v) is 3.28. The van der Waals surface area contributed by atoms with E-state index in [0.29, 0.717) is 12.4 Å². The summed E-state index contributed by atoms with van der Waals surface area (Å²) in [6.45, 7) is 8.07. The second-order valence-electron chi connectivity index (χ2n) is 6.59. The van der Waals surface area contributed by atoms with Crippen LogP contribution in [-0.4, -0.2) is 24.0 Å². The molecule has 1 fully saturated rings. The van der Waals surface area contributed by atoms with Crippen LogP contribution >= 0.6 is 15.9 Å². The van der Waals surface area contributed by atoms with Gasteiger partial charge in [-0.2, -0.15) is 0 Å². The lowest BCUT2D eigenvalue weighted by atomic mass is 9.96. The van der Waals surface area contributed by atoms with Crippen LogP contribution in [0.3, 0.4) is 0 Å². The van der Waals surface area contributed by atoms with E-state index < -0.39 is 0 Å². The van der Waals surface area contributed by atoms with Crippen molar-refractivity contribution in [2.24, 2.45) is 4.99 Å². The summed E-state index contributed by atoms with van der Waals surface area (Å²) < 4.78 is 6.74. The molecule has 5 nitrogen and oxygen atoms in total. The third-order valence-corrected chi connectivity index (χ3v) is 5.17. The molecule has 1 aromatic heterocycles. The van der Waals surface area contributed by atoms with Gasteiger partial charge in [-0.15, -0.1) is 0 Å². The maximum atomic E-state index is 5.60. The number of nitrogens with zero attached hydrogens (tertiary/aromatic N) is 2. The average Bonchev–Trinajstić information content (AvgIpc) is 3.31. The normalized spacial score (nSPS) is 15.9. The van der Waals surface area contributed by atoms with Crippen molar-refractivity contribution in [3.8, 4) is 0 Å². The largest absolute Gasteiger partial charge is 0.444 e. The highest BCUT2D eigenvalue weighted by atomic mass is 79.9. The van der Waals surface area contributed by atoms with Crippen molar-refractivity contribution < 1.29 is 4.42 Å². The van der Waals surface area contributed by atoms with Crippen LogP contribution in [0.15, 0.2) is 38.1 Å². The Morgan fingerprint density at radius 1 is 1.32 bits per heavy atom. The molecule has 1 heterocycles. The average molecular weight is 405 g/mol. The molecule has 1 saturated carbocycles. The van der Waals surface area contributed by atoms with Gasteiger partial charge in [-0.05, 0) is 51.3 Å². The minimum absolute atomic E-state index is 0.218. The number of benzene rings is 1. The lowest BCUT2D eigenvalue weighted by Gasteiger charge is -2.19. The molecule has 0 saturated heterocycles. The van der Waals surface area contributed by atoms with E-state index in [1.165, 1.54) is 18.4 Å². The molecular formula is C19H25BrN4O. The quantitative estimate of drug-likeness (QED) is 0.566. The molecule has 2 N–H and O–H groups in total. The van der Waals surface area contributed by atoms with Crippen LogP contribution in [-0.2, 0) is 12.0 Å². The van der Waals surface area contributed by atoms with E-state index in [-0.39, 0.29) is 5.41 Å². The Balaban J connectivity index is 1.64. The molecule has 6 heteroatoms. The van der Waals surface area contributed by atoms with Gasteiger partial charge < -0.3 is 15.1 Å². The van der Waals surface area contributed by atoms with Crippen molar-refractivity contribution in [2.45, 2.75) is 45.6 Å². The molecule has 0 spiro atoms. The number of nitrogens with one attached hydrogen (secondary N) is 2. The van der Waals surface area contributed by atoms with E-state index in [9.17, 15) is 0 Å². The van der Waals surface area contributed by atoms with Crippen LogP contribution < -0.4 is 10.6 Å². The number of aliphatic imine (C=N–C) groups is 1. The molecule has 0 unspecified atom stereocenters. The Labute approximate surface area is 157 Å². The molecule has 1 aliphatic rings. The fraction of sp³-hybridized carbons (Fsp3) is 0.474. The van der Waals surface area contributed by atoms with E-state index in [4.69, 9.17) is 4.42 Å². The van der Waals surface area contributed by atoms with Crippen LogP contribution in [0.1, 0.15) is 42.7 Å². The van der Waals surface area contributed by atoms with Crippen molar-refractivity contribution in [2.75, 3.05) is 13.1 Å². The van der Waals surface area contributed by atoms with E-state index in [2.05, 4.69) is 67.7 Å². The number of guanidine groups is 1. The van der Waals surface area contributed by atoms with Crippen LogP contribution in [0.4, 0.5) is 0 Å². The highest BCUT2D eigenvalue weighted by molar-refractivity contribution is 9.10. The van der Waals surface area contributed by atoms with Gasteiger partial charge in [-0.3, -0.25) is 0 Å². The second-order valence-corrected chi connectivity index (χ2v) is 7.50. The van der Waals surface area contributed by atoms with Crippen LogP contribution in [0, 0.1) is 13.8 Å². The van der Waals surface area contributed by atoms with Gasteiger partial charge in [-0.1, -0.05) is 28.1 Å². The highest BCUT2D eigenvalue weighted by Crippen LogP contribution is 2.48. The molecule has 0 atom stereocenters. The molecule has 134 valence electrons. The molecule has 0 amide bonds. The van der Waals surface area contributed by atoms with Crippen LogP contribution in [0.5, 0.6) is 0 Å². The van der Waals surface area contributed by atoms with Gasteiger partial charge in [-0.25, -0.2) is 9.98 Å². The molecule has 0 aliphatic heterocycles. The third kappa shape index (κ3) is 4.42. The molecule has 3 rings (SSSR count). The van der Waals surface area contributed by atoms with E-state index >= 15 is 0 Å². The summed E-state index contributed by atoms with van der Waals surface area (Å²) in [7, 11) is 0. The number of aromatic nitrogens is 1. The number of oxazole rings is 1. The predicted molar refractivity (Wildman–Crippen MR) is 104 cm³/mol. The lowest BCUT2D eigenvalue weighted by Crippen LogP contribution is -2.41. The monoisotopic (exact) mass is 404 g/mol. The maximum absolute atomic E-state index is 5.60. The molecule has 1 aliphatic carbocycles. The summed E-state index contributed by atoms with van der Waals surface area (Å²) in [4.78, 5) is 9.00. The Bertz CT molecular complexity index is 745. The van der Waals surface area contributed by atoms with Gasteiger partial charge in [0.1, 0.15) is 12.3 Å². The number of halogens is 1. The second kappa shape index (κ2) is 7.60. The van der Waals surface area contributed by atoms with E-state index in [1.54, 1.807) is 0 Å². The minimum atomic E-state index is 0.218. The Kier molecular flexibility index (Phi) is 5.47. The molecule has 1 aromatic carbocycles. The van der Waals surface area contributed by atoms with Gasteiger partial charge in [0.25, 0.3) is 0 Å². The number of hydrogen-bond acceptors (Lipinski definition) is 3. The fourth-order valence-electron chi connectivity index (χ4n) is 2.88. The predicted octanol–water partition coefficient (Wildman–Crippen LogP) is 3.84. The zero-order valence-corrected chi connectivity index (χ0v) is 16.6. The molecule has 2 aromatic rings. The Hall–Kier alpha value is -1.82. The summed E-state index contributed by atoms with van der Waals surface area (Å²) in [5.41, 5.74) is 2.52. The summed E-state index contributed by atoms with van der Waals surface area (Å²) in [5.74, 6) is 2.31. The molecule has 0 bridgehead atoms. The molecular weight excluding hydrogens is 380 g/mol. The third-order valence-electron chi connectivity index (χ3n) is 4.67. The van der Waals surface area contributed by atoms with Crippen molar-refractivity contribution in [3.05, 3.63) is 51.6 Å². The Morgan fingerprint density at radius 2 is 2.12 bits per heavy atom. The number of rotatable bonds is 6. The summed E-state index contributed by atoms with van der Waals surface area (Å²) >= 11 is 3.57. The topological polar surface area (TPSA) is 62.5 Å². The van der Waals surface area contributed by atoms with E-state index in [0.717, 1.165) is 35.0 Å². The van der Waals surface area contributed by atoms with Crippen molar-refractivity contribution >= 4 is 21.9 Å². The zero-order chi connectivity index (χ0) is 17.9. The van der Waals surface area contributed by atoms with Gasteiger partial charge in [0, 0.05) is 23.0 Å². The smallest absolute Gasteiger partial charge is 0.216 e. The van der Waals surface area contributed by atoms with Crippen molar-refractivity contribution in [3.63, 3.8) is 0 Å².